The van der Waals surface area contributed by atoms with Crippen molar-refractivity contribution in [3.63, 3.8) is 0 Å². The lowest BCUT2D eigenvalue weighted by Gasteiger charge is -2.34. The molecule has 0 spiro atoms. The van der Waals surface area contributed by atoms with E-state index in [0.717, 1.165) is 19.4 Å². The van der Waals surface area contributed by atoms with E-state index in [1.54, 1.807) is 0 Å². The molecule has 1 aliphatic heterocycles. The van der Waals surface area contributed by atoms with Crippen LogP contribution < -0.4 is 5.32 Å². The zero-order chi connectivity index (χ0) is 13.7. The minimum Gasteiger partial charge on any atom is -0.481 e. The average molecular weight is 256 g/mol. The highest BCUT2D eigenvalue weighted by molar-refractivity contribution is 5.81. The smallest absolute Gasteiger partial charge is 0.307 e. The SMILES string of the molecule is CCC(C)NC(=O)C(C)N1CCCC(C(=O)O)C1. The van der Waals surface area contributed by atoms with E-state index in [-0.39, 0.29) is 23.9 Å². The second-order valence-electron chi connectivity index (χ2n) is 5.17. The van der Waals surface area contributed by atoms with Gasteiger partial charge in [-0.05, 0) is 39.7 Å². The molecule has 0 saturated carbocycles. The van der Waals surface area contributed by atoms with Crippen molar-refractivity contribution in [1.82, 2.24) is 10.2 Å². The molecule has 5 nitrogen and oxygen atoms in total. The Morgan fingerprint density at radius 1 is 1.44 bits per heavy atom. The van der Waals surface area contributed by atoms with Crippen LogP contribution in [0.5, 0.6) is 0 Å². The normalized spacial score (nSPS) is 24.3. The lowest BCUT2D eigenvalue weighted by atomic mass is 9.97. The van der Waals surface area contributed by atoms with E-state index in [9.17, 15) is 9.59 Å². The van der Waals surface area contributed by atoms with Gasteiger partial charge in [-0.3, -0.25) is 14.5 Å². The number of carbonyl (C=O) groups is 2. The Kier molecular flexibility index (Phi) is 5.59. The zero-order valence-electron chi connectivity index (χ0n) is 11.5. The molecule has 0 aromatic rings. The third-order valence-corrected chi connectivity index (χ3v) is 3.73. The highest BCUT2D eigenvalue weighted by atomic mass is 16.4. The van der Waals surface area contributed by atoms with Gasteiger partial charge >= 0.3 is 5.97 Å². The molecule has 3 atom stereocenters. The van der Waals surface area contributed by atoms with E-state index in [4.69, 9.17) is 5.11 Å². The van der Waals surface area contributed by atoms with Gasteiger partial charge in [0.15, 0.2) is 0 Å². The van der Waals surface area contributed by atoms with Crippen molar-refractivity contribution in [3.05, 3.63) is 0 Å². The van der Waals surface area contributed by atoms with Crippen LogP contribution in [0.25, 0.3) is 0 Å². The first-order chi connectivity index (χ1) is 8.45. The van der Waals surface area contributed by atoms with Gasteiger partial charge in [0.1, 0.15) is 0 Å². The summed E-state index contributed by atoms with van der Waals surface area (Å²) in [6, 6.07) is -0.0823. The van der Waals surface area contributed by atoms with E-state index in [0.29, 0.717) is 13.0 Å². The van der Waals surface area contributed by atoms with Crippen molar-refractivity contribution in [2.75, 3.05) is 13.1 Å². The number of carboxylic acid groups (broad SMARTS) is 1. The minimum atomic E-state index is -0.755. The summed E-state index contributed by atoms with van der Waals surface area (Å²) in [5.74, 6) is -1.10. The molecule has 3 unspecified atom stereocenters. The van der Waals surface area contributed by atoms with Crippen molar-refractivity contribution in [3.8, 4) is 0 Å². The summed E-state index contributed by atoms with van der Waals surface area (Å²) >= 11 is 0. The number of amides is 1. The summed E-state index contributed by atoms with van der Waals surface area (Å²) in [6.45, 7) is 7.13. The Morgan fingerprint density at radius 3 is 2.67 bits per heavy atom. The van der Waals surface area contributed by atoms with Crippen molar-refractivity contribution < 1.29 is 14.7 Å². The fourth-order valence-electron chi connectivity index (χ4n) is 2.19. The minimum absolute atomic E-state index is 0.00427. The molecule has 104 valence electrons. The van der Waals surface area contributed by atoms with Crippen molar-refractivity contribution in [2.24, 2.45) is 5.92 Å². The maximum atomic E-state index is 12.0. The number of likely N-dealkylation sites (tertiary alicyclic amines) is 1. The van der Waals surface area contributed by atoms with Crippen molar-refractivity contribution in [2.45, 2.75) is 52.1 Å². The lowest BCUT2D eigenvalue weighted by Crippen LogP contribution is -2.51. The van der Waals surface area contributed by atoms with Gasteiger partial charge in [0, 0.05) is 12.6 Å². The molecule has 5 heteroatoms. The van der Waals surface area contributed by atoms with Crippen LogP contribution in [0, 0.1) is 5.92 Å². The molecule has 1 saturated heterocycles. The third kappa shape index (κ3) is 3.98. The molecule has 0 aromatic carbocycles. The van der Waals surface area contributed by atoms with Crippen LogP contribution in [-0.4, -0.2) is 47.1 Å². The fraction of sp³-hybridized carbons (Fsp3) is 0.846. The maximum absolute atomic E-state index is 12.0. The Morgan fingerprint density at radius 2 is 2.11 bits per heavy atom. The topological polar surface area (TPSA) is 69.6 Å². The summed E-state index contributed by atoms with van der Waals surface area (Å²) in [6.07, 6.45) is 2.46. The molecule has 0 radical (unpaired) electrons. The van der Waals surface area contributed by atoms with E-state index in [2.05, 4.69) is 5.32 Å². The van der Waals surface area contributed by atoms with Crippen molar-refractivity contribution >= 4 is 11.9 Å². The van der Waals surface area contributed by atoms with Gasteiger partial charge in [-0.2, -0.15) is 0 Å². The van der Waals surface area contributed by atoms with Gasteiger partial charge in [0.2, 0.25) is 5.91 Å². The Labute approximate surface area is 109 Å². The Balaban J connectivity index is 2.52. The van der Waals surface area contributed by atoms with Gasteiger partial charge < -0.3 is 10.4 Å². The molecule has 18 heavy (non-hydrogen) atoms. The average Bonchev–Trinajstić information content (AvgIpc) is 2.37. The molecule has 2 N–H and O–H groups in total. The molecule has 1 rings (SSSR count). The van der Waals surface area contributed by atoms with Gasteiger partial charge in [-0.25, -0.2) is 0 Å². The molecule has 1 aliphatic rings. The molecule has 1 amide bonds. The monoisotopic (exact) mass is 256 g/mol. The number of hydrogen-bond donors (Lipinski definition) is 2. The summed E-state index contributed by atoms with van der Waals surface area (Å²) < 4.78 is 0. The number of aliphatic carboxylic acids is 1. The first kappa shape index (κ1) is 15.0. The Hall–Kier alpha value is -1.10. The summed E-state index contributed by atoms with van der Waals surface area (Å²) in [5.41, 5.74) is 0. The highest BCUT2D eigenvalue weighted by Gasteiger charge is 2.30. The van der Waals surface area contributed by atoms with Gasteiger partial charge in [0.05, 0.1) is 12.0 Å². The molecule has 1 fully saturated rings. The van der Waals surface area contributed by atoms with Crippen LogP contribution in [0.4, 0.5) is 0 Å². The zero-order valence-corrected chi connectivity index (χ0v) is 11.5. The third-order valence-electron chi connectivity index (χ3n) is 3.73. The number of carbonyl (C=O) groups excluding carboxylic acids is 1. The van der Waals surface area contributed by atoms with Crippen LogP contribution in [0.15, 0.2) is 0 Å². The number of piperidine rings is 1. The summed E-state index contributed by atoms with van der Waals surface area (Å²) in [7, 11) is 0. The maximum Gasteiger partial charge on any atom is 0.307 e. The van der Waals surface area contributed by atoms with Crippen LogP contribution in [0.1, 0.15) is 40.0 Å². The molecule has 0 bridgehead atoms. The number of nitrogens with one attached hydrogen (secondary N) is 1. The Bertz CT molecular complexity index is 307. The molecule has 0 aromatic heterocycles. The molecule has 1 heterocycles. The fourth-order valence-corrected chi connectivity index (χ4v) is 2.19. The highest BCUT2D eigenvalue weighted by Crippen LogP contribution is 2.18. The standard InChI is InChI=1S/C13H24N2O3/c1-4-9(2)14-12(16)10(3)15-7-5-6-11(8-15)13(17)18/h9-11H,4-8H2,1-3H3,(H,14,16)(H,17,18). The number of carboxylic acids is 1. The first-order valence-corrected chi connectivity index (χ1v) is 6.73. The van der Waals surface area contributed by atoms with Crippen LogP contribution >= 0.6 is 0 Å². The molecular weight excluding hydrogens is 232 g/mol. The summed E-state index contributed by atoms with van der Waals surface area (Å²) in [4.78, 5) is 24.9. The predicted octanol–water partition coefficient (Wildman–Crippen LogP) is 1.09. The van der Waals surface area contributed by atoms with Gasteiger partial charge in [-0.1, -0.05) is 6.92 Å². The van der Waals surface area contributed by atoms with Gasteiger partial charge in [0.25, 0.3) is 0 Å². The molecular formula is C13H24N2O3. The lowest BCUT2D eigenvalue weighted by molar-refractivity contribution is -0.145. The number of rotatable bonds is 5. The van der Waals surface area contributed by atoms with E-state index >= 15 is 0 Å². The van der Waals surface area contributed by atoms with Crippen molar-refractivity contribution in [1.29, 1.82) is 0 Å². The first-order valence-electron chi connectivity index (χ1n) is 6.73. The number of nitrogens with zero attached hydrogens (tertiary/aromatic N) is 1. The van der Waals surface area contributed by atoms with E-state index in [1.807, 2.05) is 25.7 Å². The van der Waals surface area contributed by atoms with E-state index in [1.165, 1.54) is 0 Å². The second kappa shape index (κ2) is 6.73. The summed E-state index contributed by atoms with van der Waals surface area (Å²) in [5, 5.41) is 12.0. The number of hydrogen-bond acceptors (Lipinski definition) is 3. The van der Waals surface area contributed by atoms with Gasteiger partial charge in [-0.15, -0.1) is 0 Å². The van der Waals surface area contributed by atoms with Crippen LogP contribution in [0.3, 0.4) is 0 Å². The predicted molar refractivity (Wildman–Crippen MR) is 69.3 cm³/mol. The quantitative estimate of drug-likeness (QED) is 0.772. The molecule has 0 aliphatic carbocycles. The largest absolute Gasteiger partial charge is 0.481 e. The second-order valence-corrected chi connectivity index (χ2v) is 5.17. The van der Waals surface area contributed by atoms with Crippen LogP contribution in [0.2, 0.25) is 0 Å². The van der Waals surface area contributed by atoms with Crippen LogP contribution in [-0.2, 0) is 9.59 Å². The van der Waals surface area contributed by atoms with E-state index < -0.39 is 5.97 Å².